The molecule has 5 N–H and O–H groups in total. The number of nitrogens with zero attached hydrogens (tertiary/aromatic N) is 2. The van der Waals surface area contributed by atoms with E-state index in [1.165, 1.54) is 14.2 Å². The number of carbonyl (C=O) groups is 4. The highest BCUT2D eigenvalue weighted by atomic mass is 16.7. The lowest BCUT2D eigenvalue weighted by molar-refractivity contribution is -0.131. The van der Waals surface area contributed by atoms with Gasteiger partial charge < -0.3 is 49.5 Å². The van der Waals surface area contributed by atoms with Gasteiger partial charge in [0.05, 0.1) is 57.7 Å². The number of ether oxygens (including phenoxy) is 6. The van der Waals surface area contributed by atoms with Gasteiger partial charge in [-0.2, -0.15) is 0 Å². The fraction of sp³-hybridized carbons (Fsp3) is 0.488. The zero-order chi connectivity index (χ0) is 41.7. The second-order valence-corrected chi connectivity index (χ2v) is 15.1. The summed E-state index contributed by atoms with van der Waals surface area (Å²) in [6.07, 6.45) is -1.68. The van der Waals surface area contributed by atoms with Crippen molar-refractivity contribution < 1.29 is 52.7 Å². The average Bonchev–Trinajstić information content (AvgIpc) is 3.84. The van der Waals surface area contributed by atoms with Crippen LogP contribution < -0.4 is 26.1 Å². The molecule has 0 bridgehead atoms. The van der Waals surface area contributed by atoms with Crippen molar-refractivity contribution in [3.63, 3.8) is 0 Å². The van der Waals surface area contributed by atoms with E-state index in [-0.39, 0.29) is 45.2 Å². The number of rotatable bonds is 17. The molecule has 1 aromatic heterocycles. The molecule has 2 saturated heterocycles. The molecule has 6 unspecified atom stereocenters. The lowest BCUT2D eigenvalue weighted by Gasteiger charge is -2.34. The number of nitrogens with one attached hydrogen (secondary N) is 4. The van der Waals surface area contributed by atoms with Gasteiger partial charge in [0.1, 0.15) is 24.5 Å². The molecule has 6 atom stereocenters. The summed E-state index contributed by atoms with van der Waals surface area (Å²) in [4.78, 5) is 55.4. The fourth-order valence-electron chi connectivity index (χ4n) is 6.63. The third kappa shape index (κ3) is 12.8. The molecule has 3 heterocycles. The number of aliphatic hydroxyl groups is 1. The molecule has 5 rings (SSSR count). The maximum absolute atomic E-state index is 13.9. The van der Waals surface area contributed by atoms with E-state index < -0.39 is 60.2 Å². The summed E-state index contributed by atoms with van der Waals surface area (Å²) in [6, 6.07) is 18.5. The van der Waals surface area contributed by atoms with E-state index in [9.17, 15) is 24.3 Å². The first-order valence-corrected chi connectivity index (χ1v) is 19.1. The molecular weight excluding hydrogens is 752 g/mol. The van der Waals surface area contributed by atoms with Crippen molar-refractivity contribution in [2.24, 2.45) is 11.3 Å². The summed E-state index contributed by atoms with van der Waals surface area (Å²) in [5.41, 5.74) is 5.44. The third-order valence-electron chi connectivity index (χ3n) is 9.76. The molecule has 4 amide bonds. The number of fused-ring (bicyclic) bond motifs is 1. The Morgan fingerprint density at radius 3 is 2.31 bits per heavy atom. The zero-order valence-corrected chi connectivity index (χ0v) is 33.5. The van der Waals surface area contributed by atoms with Crippen LogP contribution in [0.4, 0.5) is 14.4 Å². The Labute approximate surface area is 338 Å². The Balaban J connectivity index is 1.35. The Morgan fingerprint density at radius 2 is 1.64 bits per heavy atom. The maximum atomic E-state index is 13.9. The van der Waals surface area contributed by atoms with Crippen LogP contribution in [-0.4, -0.2) is 117 Å². The molecule has 2 fully saturated rings. The normalized spacial score (nSPS) is 18.9. The van der Waals surface area contributed by atoms with Crippen molar-refractivity contribution in [3.8, 4) is 17.0 Å². The first-order valence-electron chi connectivity index (χ1n) is 19.1. The zero-order valence-electron chi connectivity index (χ0n) is 33.5. The van der Waals surface area contributed by atoms with Crippen molar-refractivity contribution >= 4 is 24.2 Å². The third-order valence-corrected chi connectivity index (χ3v) is 9.76. The Kier molecular flexibility index (Phi) is 15.6. The Morgan fingerprint density at radius 1 is 0.914 bits per heavy atom. The van der Waals surface area contributed by atoms with Crippen LogP contribution in [0.3, 0.4) is 0 Å². The number of aliphatic hydroxyl groups excluding tert-OH is 1. The summed E-state index contributed by atoms with van der Waals surface area (Å²) in [7, 11) is 2.49. The summed E-state index contributed by atoms with van der Waals surface area (Å²) >= 11 is 0. The van der Waals surface area contributed by atoms with Gasteiger partial charge in [-0.15, -0.1) is 0 Å². The van der Waals surface area contributed by atoms with Crippen LogP contribution in [0.2, 0.25) is 0 Å². The summed E-state index contributed by atoms with van der Waals surface area (Å²) in [6.45, 7) is 6.57. The van der Waals surface area contributed by atoms with Crippen molar-refractivity contribution in [2.75, 3.05) is 47.1 Å². The number of hydrogen-bond donors (Lipinski definition) is 5. The highest BCUT2D eigenvalue weighted by molar-refractivity contribution is 5.86. The number of methoxy groups -OCH3 is 2. The lowest BCUT2D eigenvalue weighted by Crippen LogP contribution is -2.59. The van der Waals surface area contributed by atoms with Gasteiger partial charge in [-0.1, -0.05) is 63.2 Å². The summed E-state index contributed by atoms with van der Waals surface area (Å²) in [5, 5.41) is 21.5. The molecule has 2 aliphatic rings. The van der Waals surface area contributed by atoms with E-state index in [1.54, 1.807) is 56.2 Å². The smallest absolute Gasteiger partial charge is 0.407 e. The van der Waals surface area contributed by atoms with Gasteiger partial charge in [0.25, 0.3) is 5.91 Å². The van der Waals surface area contributed by atoms with Gasteiger partial charge in [-0.3, -0.25) is 15.2 Å². The van der Waals surface area contributed by atoms with E-state index in [1.807, 2.05) is 42.5 Å². The standard InChI is InChI=1S/C41H54N6O11/c1-41(2,3)35(45-39(51)54-5)36(49)46-47(23-27-9-13-28(14-10-27)31-8-6-7-18-42-31)24-33(48)32(44-40(52)58-34-25-57-37-30(34)17-20-56-37)22-26-11-15-29(16-12-26)55-21-19-43-38(50)53-4/h6-16,18,30,32-35,37,48H,17,19-25H2,1-5H3,(H,43,50)(H,44,52)(H,45,51)(H,46,49). The van der Waals surface area contributed by atoms with Crippen molar-refractivity contribution in [3.05, 3.63) is 84.1 Å². The van der Waals surface area contributed by atoms with E-state index in [2.05, 4.69) is 31.1 Å². The largest absolute Gasteiger partial charge is 0.492 e. The van der Waals surface area contributed by atoms with Gasteiger partial charge in [0.15, 0.2) is 6.29 Å². The second-order valence-electron chi connectivity index (χ2n) is 15.1. The van der Waals surface area contributed by atoms with Gasteiger partial charge in [-0.25, -0.2) is 19.4 Å². The minimum atomic E-state index is -1.26. The predicted octanol–water partition coefficient (Wildman–Crippen LogP) is 3.55. The molecule has 3 aromatic rings. The molecule has 0 saturated carbocycles. The minimum absolute atomic E-state index is 0.0892. The number of aromatic nitrogens is 1. The second kappa shape index (κ2) is 20.8. The molecule has 17 nitrogen and oxygen atoms in total. The van der Waals surface area contributed by atoms with E-state index in [0.717, 1.165) is 22.4 Å². The van der Waals surface area contributed by atoms with Crippen molar-refractivity contribution in [1.29, 1.82) is 0 Å². The summed E-state index contributed by atoms with van der Waals surface area (Å²) < 4.78 is 32.1. The highest BCUT2D eigenvalue weighted by Gasteiger charge is 2.44. The molecule has 17 heteroatoms. The number of pyridine rings is 1. The van der Waals surface area contributed by atoms with Crippen LogP contribution in [0.15, 0.2) is 72.9 Å². The number of hydrazine groups is 1. The molecule has 314 valence electrons. The van der Waals surface area contributed by atoms with Crippen LogP contribution >= 0.6 is 0 Å². The molecule has 2 aromatic carbocycles. The van der Waals surface area contributed by atoms with Crippen molar-refractivity contribution in [2.45, 2.75) is 70.7 Å². The van der Waals surface area contributed by atoms with Gasteiger partial charge >= 0.3 is 18.3 Å². The fourth-order valence-corrected chi connectivity index (χ4v) is 6.63. The highest BCUT2D eigenvalue weighted by Crippen LogP contribution is 2.33. The molecule has 0 spiro atoms. The number of carbonyl (C=O) groups excluding carboxylic acids is 4. The topological polar surface area (TPSA) is 208 Å². The van der Waals surface area contributed by atoms with Gasteiger partial charge in [0, 0.05) is 24.8 Å². The molecule has 58 heavy (non-hydrogen) atoms. The quantitative estimate of drug-likeness (QED) is 0.0753. The maximum Gasteiger partial charge on any atom is 0.407 e. The monoisotopic (exact) mass is 806 g/mol. The minimum Gasteiger partial charge on any atom is -0.492 e. The lowest BCUT2D eigenvalue weighted by atomic mass is 9.86. The van der Waals surface area contributed by atoms with Gasteiger partial charge in [-0.05, 0) is 53.6 Å². The molecule has 0 radical (unpaired) electrons. The van der Waals surface area contributed by atoms with E-state index in [4.69, 9.17) is 23.7 Å². The van der Waals surface area contributed by atoms with E-state index in [0.29, 0.717) is 18.8 Å². The van der Waals surface area contributed by atoms with Crippen LogP contribution in [0.5, 0.6) is 5.75 Å². The number of hydrogen-bond acceptors (Lipinski definition) is 13. The molecular formula is C41H54N6O11. The number of amides is 4. The van der Waals surface area contributed by atoms with Crippen LogP contribution in [-0.2, 0) is 41.4 Å². The van der Waals surface area contributed by atoms with Crippen LogP contribution in [0.1, 0.15) is 38.3 Å². The SMILES string of the molecule is COC(=O)NCCOc1ccc(CC(NC(=O)OC2COC3OCCC23)C(O)CN(Cc2ccc(-c3ccccn3)cc2)NC(=O)C(NC(=O)OC)C(C)(C)C)cc1. The Hall–Kier alpha value is -5.49. The number of benzene rings is 2. The molecule has 0 aliphatic carbocycles. The average molecular weight is 807 g/mol. The first-order chi connectivity index (χ1) is 27.8. The van der Waals surface area contributed by atoms with Crippen molar-refractivity contribution in [1.82, 2.24) is 31.4 Å². The van der Waals surface area contributed by atoms with E-state index >= 15 is 0 Å². The summed E-state index contributed by atoms with van der Waals surface area (Å²) in [5.74, 6) is -0.0777. The molecule has 2 aliphatic heterocycles. The number of alkyl carbamates (subject to hydrolysis) is 3. The van der Waals surface area contributed by atoms with Crippen LogP contribution in [0, 0.1) is 11.3 Å². The predicted molar refractivity (Wildman–Crippen MR) is 210 cm³/mol. The van der Waals surface area contributed by atoms with Gasteiger partial charge in [0.2, 0.25) is 0 Å². The first kappa shape index (κ1) is 43.6. The Bertz CT molecular complexity index is 1790. The van der Waals surface area contributed by atoms with Crippen LogP contribution in [0.25, 0.3) is 11.3 Å².